The highest BCUT2D eigenvalue weighted by Crippen LogP contribution is 2.13. The van der Waals surface area contributed by atoms with Crippen LogP contribution >= 0.6 is 0 Å². The smallest absolute Gasteiger partial charge is 0.239 e. The van der Waals surface area contributed by atoms with Crippen LogP contribution in [0.5, 0.6) is 0 Å². The van der Waals surface area contributed by atoms with Crippen molar-refractivity contribution in [3.05, 3.63) is 59.9 Å². The van der Waals surface area contributed by atoms with Crippen molar-refractivity contribution in [3.63, 3.8) is 0 Å². The van der Waals surface area contributed by atoms with Crippen LogP contribution in [0.25, 0.3) is 0 Å². The summed E-state index contributed by atoms with van der Waals surface area (Å²) in [6.45, 7) is 1.92. The number of benzene rings is 2. The van der Waals surface area contributed by atoms with Crippen molar-refractivity contribution in [2.75, 3.05) is 17.2 Å². The largest absolute Gasteiger partial charge is 0.376 e. The van der Waals surface area contributed by atoms with E-state index < -0.39 is 0 Å². The first kappa shape index (κ1) is 16.5. The second-order valence-electron chi connectivity index (χ2n) is 5.02. The van der Waals surface area contributed by atoms with Gasteiger partial charge in [-0.1, -0.05) is 12.1 Å². The van der Waals surface area contributed by atoms with Crippen molar-refractivity contribution in [1.82, 2.24) is 5.32 Å². The van der Waals surface area contributed by atoms with E-state index in [-0.39, 0.29) is 24.2 Å². The van der Waals surface area contributed by atoms with Gasteiger partial charge in [-0.3, -0.25) is 9.59 Å². The first-order valence-corrected chi connectivity index (χ1v) is 7.15. The lowest BCUT2D eigenvalue weighted by atomic mass is 10.2. The Morgan fingerprint density at radius 3 is 2.17 bits per heavy atom. The number of carbonyl (C=O) groups is 2. The Kier molecular flexibility index (Phi) is 5.68. The highest BCUT2D eigenvalue weighted by molar-refractivity contribution is 5.88. The third-order valence-corrected chi connectivity index (χ3v) is 3.06. The molecule has 0 unspecified atom stereocenters. The fraction of sp³-hybridized carbons (Fsp3) is 0.176. The average molecular weight is 315 g/mol. The van der Waals surface area contributed by atoms with E-state index in [1.54, 1.807) is 36.4 Å². The van der Waals surface area contributed by atoms with Gasteiger partial charge in [-0.15, -0.1) is 0 Å². The molecule has 0 atom stereocenters. The summed E-state index contributed by atoms with van der Waals surface area (Å²) < 4.78 is 12.8. The Morgan fingerprint density at radius 2 is 1.57 bits per heavy atom. The summed E-state index contributed by atoms with van der Waals surface area (Å²) in [6, 6.07) is 13.0. The van der Waals surface area contributed by atoms with E-state index in [0.29, 0.717) is 12.2 Å². The van der Waals surface area contributed by atoms with Crippen molar-refractivity contribution in [2.45, 2.75) is 13.5 Å². The Morgan fingerprint density at radius 1 is 0.957 bits per heavy atom. The summed E-state index contributed by atoms with van der Waals surface area (Å²) in [7, 11) is 0. The van der Waals surface area contributed by atoms with Crippen LogP contribution in [0.15, 0.2) is 48.5 Å². The zero-order chi connectivity index (χ0) is 16.7. The second kappa shape index (κ2) is 7.93. The quantitative estimate of drug-likeness (QED) is 0.767. The van der Waals surface area contributed by atoms with Gasteiger partial charge in [0.2, 0.25) is 11.8 Å². The van der Waals surface area contributed by atoms with Crippen LogP contribution in [0.4, 0.5) is 15.8 Å². The SMILES string of the molecule is CC(=O)Nc1ccc(NCC(=O)NCc2ccc(F)cc2)cc1. The fourth-order valence-corrected chi connectivity index (χ4v) is 1.92. The van der Waals surface area contributed by atoms with Crippen molar-refractivity contribution >= 4 is 23.2 Å². The summed E-state index contributed by atoms with van der Waals surface area (Å²) in [6.07, 6.45) is 0. The fourth-order valence-electron chi connectivity index (χ4n) is 1.92. The minimum atomic E-state index is -0.301. The predicted octanol–water partition coefficient (Wildman–Crippen LogP) is 2.51. The number of nitrogens with one attached hydrogen (secondary N) is 3. The van der Waals surface area contributed by atoms with Gasteiger partial charge < -0.3 is 16.0 Å². The Bertz CT molecular complexity index is 669. The molecule has 5 nitrogen and oxygen atoms in total. The van der Waals surface area contributed by atoms with E-state index in [0.717, 1.165) is 11.3 Å². The first-order chi connectivity index (χ1) is 11.0. The lowest BCUT2D eigenvalue weighted by Crippen LogP contribution is -2.29. The average Bonchev–Trinajstić information content (AvgIpc) is 2.53. The van der Waals surface area contributed by atoms with Gasteiger partial charge in [0.05, 0.1) is 6.54 Å². The summed E-state index contributed by atoms with van der Waals surface area (Å²) in [5.41, 5.74) is 2.30. The molecular weight excluding hydrogens is 297 g/mol. The van der Waals surface area contributed by atoms with Gasteiger partial charge >= 0.3 is 0 Å². The normalized spacial score (nSPS) is 10.0. The van der Waals surface area contributed by atoms with Gasteiger partial charge in [-0.05, 0) is 42.0 Å². The zero-order valence-corrected chi connectivity index (χ0v) is 12.7. The van der Waals surface area contributed by atoms with E-state index in [1.165, 1.54) is 19.1 Å². The lowest BCUT2D eigenvalue weighted by Gasteiger charge is -2.09. The molecule has 3 N–H and O–H groups in total. The van der Waals surface area contributed by atoms with E-state index in [2.05, 4.69) is 16.0 Å². The summed E-state index contributed by atoms with van der Waals surface area (Å²) in [5, 5.41) is 8.40. The predicted molar refractivity (Wildman–Crippen MR) is 87.5 cm³/mol. The van der Waals surface area contributed by atoms with Gasteiger partial charge in [0.15, 0.2) is 0 Å². The Balaban J connectivity index is 1.75. The molecule has 2 amide bonds. The third kappa shape index (κ3) is 5.78. The summed E-state index contributed by atoms with van der Waals surface area (Å²) in [4.78, 5) is 22.7. The van der Waals surface area contributed by atoms with Crippen molar-refractivity contribution in [2.24, 2.45) is 0 Å². The maximum absolute atomic E-state index is 12.8. The molecule has 0 aromatic heterocycles. The number of amides is 2. The molecule has 0 heterocycles. The van der Waals surface area contributed by atoms with Crippen LogP contribution in [0.1, 0.15) is 12.5 Å². The Labute approximate surface area is 133 Å². The van der Waals surface area contributed by atoms with Gasteiger partial charge in [0.1, 0.15) is 5.82 Å². The molecule has 6 heteroatoms. The molecule has 0 fully saturated rings. The molecule has 0 spiro atoms. The van der Waals surface area contributed by atoms with Crippen LogP contribution in [0.3, 0.4) is 0 Å². The maximum Gasteiger partial charge on any atom is 0.239 e. The zero-order valence-electron chi connectivity index (χ0n) is 12.7. The molecule has 2 aromatic rings. The summed E-state index contributed by atoms with van der Waals surface area (Å²) >= 11 is 0. The molecule has 0 saturated carbocycles. The van der Waals surface area contributed by atoms with Crippen molar-refractivity contribution < 1.29 is 14.0 Å². The van der Waals surface area contributed by atoms with E-state index in [1.807, 2.05) is 0 Å². The number of rotatable bonds is 6. The van der Waals surface area contributed by atoms with Crippen molar-refractivity contribution in [1.29, 1.82) is 0 Å². The van der Waals surface area contributed by atoms with Crippen LogP contribution < -0.4 is 16.0 Å². The molecule has 0 radical (unpaired) electrons. The van der Waals surface area contributed by atoms with Gasteiger partial charge in [-0.25, -0.2) is 4.39 Å². The van der Waals surface area contributed by atoms with Gasteiger partial charge in [-0.2, -0.15) is 0 Å². The van der Waals surface area contributed by atoms with Crippen LogP contribution in [-0.4, -0.2) is 18.4 Å². The third-order valence-electron chi connectivity index (χ3n) is 3.06. The van der Waals surface area contributed by atoms with Gasteiger partial charge in [0, 0.05) is 24.8 Å². The molecule has 0 aliphatic carbocycles. The Hall–Kier alpha value is -2.89. The van der Waals surface area contributed by atoms with E-state index in [9.17, 15) is 14.0 Å². The topological polar surface area (TPSA) is 70.2 Å². The standard InChI is InChI=1S/C17H18FN3O2/c1-12(22)21-16-8-6-15(7-9-16)19-11-17(23)20-10-13-2-4-14(18)5-3-13/h2-9,19H,10-11H2,1H3,(H,20,23)(H,21,22). The number of carbonyl (C=O) groups excluding carboxylic acids is 2. The molecular formula is C17H18FN3O2. The minimum absolute atomic E-state index is 0.126. The number of hydrogen-bond acceptors (Lipinski definition) is 3. The van der Waals surface area contributed by atoms with Gasteiger partial charge in [0.25, 0.3) is 0 Å². The minimum Gasteiger partial charge on any atom is -0.376 e. The number of halogens is 1. The number of hydrogen-bond donors (Lipinski definition) is 3. The summed E-state index contributed by atoms with van der Waals surface area (Å²) in [5.74, 6) is -0.601. The number of anilines is 2. The highest BCUT2D eigenvalue weighted by atomic mass is 19.1. The van der Waals surface area contributed by atoms with E-state index in [4.69, 9.17) is 0 Å². The molecule has 23 heavy (non-hydrogen) atoms. The van der Waals surface area contributed by atoms with Crippen LogP contribution in [0.2, 0.25) is 0 Å². The van der Waals surface area contributed by atoms with Crippen LogP contribution in [-0.2, 0) is 16.1 Å². The molecule has 0 saturated heterocycles. The molecule has 0 aliphatic heterocycles. The molecule has 120 valence electrons. The van der Waals surface area contributed by atoms with E-state index >= 15 is 0 Å². The molecule has 2 rings (SSSR count). The first-order valence-electron chi connectivity index (χ1n) is 7.15. The molecule has 0 bridgehead atoms. The van der Waals surface area contributed by atoms with Crippen LogP contribution in [0, 0.1) is 5.82 Å². The van der Waals surface area contributed by atoms with Crippen molar-refractivity contribution in [3.8, 4) is 0 Å². The second-order valence-corrected chi connectivity index (χ2v) is 5.02. The molecule has 2 aromatic carbocycles. The maximum atomic E-state index is 12.8. The lowest BCUT2D eigenvalue weighted by molar-refractivity contribution is -0.119. The highest BCUT2D eigenvalue weighted by Gasteiger charge is 2.02. The molecule has 0 aliphatic rings. The monoisotopic (exact) mass is 315 g/mol.